The van der Waals surface area contributed by atoms with Gasteiger partial charge in [-0.3, -0.25) is 0 Å². The number of allylic oxidation sites excluding steroid dienone is 2. The van der Waals surface area contributed by atoms with Gasteiger partial charge >= 0.3 is 0 Å². The molecule has 0 heterocycles. The van der Waals surface area contributed by atoms with Crippen molar-refractivity contribution in [2.45, 2.75) is 6.04 Å². The summed E-state index contributed by atoms with van der Waals surface area (Å²) in [6.07, 6.45) is 8.15. The van der Waals surface area contributed by atoms with Crippen LogP contribution in [0.25, 0.3) is 0 Å². The Hall–Kier alpha value is -0.343. The van der Waals surface area contributed by atoms with E-state index in [2.05, 4.69) is 27.5 Å². The van der Waals surface area contributed by atoms with E-state index in [1.54, 1.807) is 0 Å². The van der Waals surface area contributed by atoms with E-state index >= 15 is 0 Å². The fourth-order valence-corrected chi connectivity index (χ4v) is 0.721. The first-order chi connectivity index (χ1) is 3.43. The number of nitrogens with one attached hydrogen (secondary N) is 1. The van der Waals surface area contributed by atoms with Gasteiger partial charge in [-0.15, -0.1) is 0 Å². The number of hydrogen-bond donors (Lipinski definition) is 1. The van der Waals surface area contributed by atoms with Gasteiger partial charge in [0.25, 0.3) is 0 Å². The average molecular weight is 108 g/mol. The molecular weight excluding hydrogens is 102 g/mol. The van der Waals surface area contributed by atoms with E-state index in [0.717, 1.165) is 0 Å². The van der Waals surface area contributed by atoms with Crippen LogP contribution in [0.15, 0.2) is 24.3 Å². The van der Waals surface area contributed by atoms with E-state index in [1.807, 2.05) is 12.2 Å². The topological polar surface area (TPSA) is 12.0 Å². The van der Waals surface area contributed by atoms with E-state index < -0.39 is 0 Å². The van der Waals surface area contributed by atoms with Crippen LogP contribution in [0.4, 0.5) is 0 Å². The van der Waals surface area contributed by atoms with Crippen molar-refractivity contribution in [1.29, 1.82) is 0 Å². The average Bonchev–Trinajstić information content (AvgIpc) is 2.14. The maximum Gasteiger partial charge on any atom is 0.141 e. The van der Waals surface area contributed by atoms with Crippen molar-refractivity contribution in [1.82, 2.24) is 4.98 Å². The molecule has 3 radical (unpaired) electrons. The van der Waals surface area contributed by atoms with Crippen molar-refractivity contribution in [3.63, 3.8) is 0 Å². The summed E-state index contributed by atoms with van der Waals surface area (Å²) in [5.74, 6) is 0. The van der Waals surface area contributed by atoms with Gasteiger partial charge in [-0.25, -0.2) is 0 Å². The molecule has 1 aliphatic carbocycles. The van der Waals surface area contributed by atoms with Gasteiger partial charge in [0, 0.05) is 6.04 Å². The van der Waals surface area contributed by atoms with E-state index in [-0.39, 0.29) is 0 Å². The zero-order valence-electron chi connectivity index (χ0n) is 3.89. The van der Waals surface area contributed by atoms with Crippen molar-refractivity contribution < 1.29 is 0 Å². The van der Waals surface area contributed by atoms with Gasteiger partial charge in [0.15, 0.2) is 0 Å². The molecule has 0 aliphatic heterocycles. The van der Waals surface area contributed by atoms with Crippen LogP contribution in [0.3, 0.4) is 0 Å². The molecule has 0 fully saturated rings. The van der Waals surface area contributed by atoms with Gasteiger partial charge < -0.3 is 4.98 Å². The highest BCUT2D eigenvalue weighted by molar-refractivity contribution is 6.04. The Bertz CT molecular complexity index is 94.6. The Morgan fingerprint density at radius 2 is 1.86 bits per heavy atom. The third-order valence-corrected chi connectivity index (χ3v) is 1.25. The molecule has 1 nitrogen and oxygen atoms in total. The lowest BCUT2D eigenvalue weighted by Gasteiger charge is -1.97. The third kappa shape index (κ3) is 1.01. The monoisotopic (exact) mass is 108 g/mol. The molecule has 0 spiro atoms. The van der Waals surface area contributed by atoms with Gasteiger partial charge in [-0.05, 0) is 0 Å². The zero-order valence-corrected chi connectivity index (χ0v) is 4.89. The highest BCUT2D eigenvalue weighted by Gasteiger charge is 1.95. The minimum absolute atomic E-state index is 0.400. The standard InChI is InChI=1S/C5H6NSi/c7-6-5-3-1-2-4-5/h1-6H. The molecule has 0 bridgehead atoms. The fraction of sp³-hybridized carbons (Fsp3) is 0.200. The lowest BCUT2D eigenvalue weighted by molar-refractivity contribution is 0.938. The molecular formula is C5H6NSi. The molecule has 0 amide bonds. The molecule has 2 heteroatoms. The first-order valence-electron chi connectivity index (χ1n) is 2.21. The minimum atomic E-state index is 0.400. The molecule has 0 saturated heterocycles. The van der Waals surface area contributed by atoms with Crippen molar-refractivity contribution in [3.8, 4) is 0 Å². The van der Waals surface area contributed by atoms with Crippen LogP contribution >= 0.6 is 0 Å². The fourth-order valence-electron chi connectivity index (χ4n) is 0.528. The second-order valence-electron chi connectivity index (χ2n) is 1.44. The molecule has 1 rings (SSSR count). The Morgan fingerprint density at radius 1 is 1.29 bits per heavy atom. The Kier molecular flexibility index (Phi) is 1.44. The summed E-state index contributed by atoms with van der Waals surface area (Å²) in [7, 11) is 3.17. The summed E-state index contributed by atoms with van der Waals surface area (Å²) in [5, 5.41) is 0. The first-order valence-corrected chi connectivity index (χ1v) is 2.71. The summed E-state index contributed by atoms with van der Waals surface area (Å²) in [4.78, 5) is 2.90. The summed E-state index contributed by atoms with van der Waals surface area (Å²) >= 11 is 0. The molecule has 0 aromatic carbocycles. The van der Waals surface area contributed by atoms with Crippen molar-refractivity contribution in [3.05, 3.63) is 24.3 Å². The molecule has 7 heavy (non-hydrogen) atoms. The molecule has 0 atom stereocenters. The Morgan fingerprint density at radius 3 is 2.14 bits per heavy atom. The number of hydrogen-bond acceptors (Lipinski definition) is 1. The van der Waals surface area contributed by atoms with Crippen molar-refractivity contribution in [2.24, 2.45) is 0 Å². The summed E-state index contributed by atoms with van der Waals surface area (Å²) in [6, 6.07) is 0.400. The second-order valence-corrected chi connectivity index (χ2v) is 1.73. The molecule has 0 saturated carbocycles. The van der Waals surface area contributed by atoms with E-state index in [4.69, 9.17) is 0 Å². The van der Waals surface area contributed by atoms with Crippen LogP contribution < -0.4 is 4.98 Å². The Balaban J connectivity index is 2.44. The van der Waals surface area contributed by atoms with Gasteiger partial charge in [0.1, 0.15) is 10.4 Å². The minimum Gasteiger partial charge on any atom is -0.331 e. The molecule has 1 N–H and O–H groups in total. The largest absolute Gasteiger partial charge is 0.331 e. The SMILES string of the molecule is [Si]NC1C=CC=C1. The summed E-state index contributed by atoms with van der Waals surface area (Å²) < 4.78 is 0. The molecule has 35 valence electrons. The second kappa shape index (κ2) is 2.09. The van der Waals surface area contributed by atoms with E-state index in [9.17, 15) is 0 Å². The normalized spacial score (nSPS) is 19.0. The van der Waals surface area contributed by atoms with Crippen LogP contribution in [-0.2, 0) is 0 Å². The van der Waals surface area contributed by atoms with E-state index in [0.29, 0.717) is 6.04 Å². The number of rotatable bonds is 1. The maximum absolute atomic E-state index is 3.17. The summed E-state index contributed by atoms with van der Waals surface area (Å²) in [5.41, 5.74) is 0. The third-order valence-electron chi connectivity index (χ3n) is 0.915. The van der Waals surface area contributed by atoms with Crippen LogP contribution in [0.1, 0.15) is 0 Å². The zero-order chi connectivity index (χ0) is 5.11. The van der Waals surface area contributed by atoms with Crippen molar-refractivity contribution >= 4 is 10.4 Å². The Labute approximate surface area is 46.6 Å². The lowest BCUT2D eigenvalue weighted by atomic mass is 10.4. The first kappa shape index (κ1) is 4.81. The predicted octanol–water partition coefficient (Wildman–Crippen LogP) is 0.154. The quantitative estimate of drug-likeness (QED) is 0.472. The highest BCUT2D eigenvalue weighted by Crippen LogP contribution is 1.96. The maximum atomic E-state index is 3.17. The van der Waals surface area contributed by atoms with Gasteiger partial charge in [-0.1, -0.05) is 24.3 Å². The van der Waals surface area contributed by atoms with Crippen LogP contribution in [0, 0.1) is 0 Å². The van der Waals surface area contributed by atoms with E-state index in [1.165, 1.54) is 0 Å². The molecule has 0 aromatic heterocycles. The predicted molar refractivity (Wildman–Crippen MR) is 31.0 cm³/mol. The highest BCUT2D eigenvalue weighted by atomic mass is 28.2. The van der Waals surface area contributed by atoms with Crippen LogP contribution in [0.2, 0.25) is 0 Å². The van der Waals surface area contributed by atoms with Crippen LogP contribution in [-0.4, -0.2) is 16.4 Å². The van der Waals surface area contributed by atoms with Crippen LogP contribution in [0.5, 0.6) is 0 Å². The molecule has 0 aromatic rings. The lowest BCUT2D eigenvalue weighted by Crippen LogP contribution is -2.19. The smallest absolute Gasteiger partial charge is 0.141 e. The van der Waals surface area contributed by atoms with Gasteiger partial charge in [0.05, 0.1) is 0 Å². The molecule has 0 unspecified atom stereocenters. The molecule has 1 aliphatic rings. The van der Waals surface area contributed by atoms with Gasteiger partial charge in [0.2, 0.25) is 0 Å². The van der Waals surface area contributed by atoms with Crippen molar-refractivity contribution in [2.75, 3.05) is 0 Å². The summed E-state index contributed by atoms with van der Waals surface area (Å²) in [6.45, 7) is 0. The van der Waals surface area contributed by atoms with Gasteiger partial charge in [-0.2, -0.15) is 0 Å².